The quantitative estimate of drug-likeness (QED) is 0.314. The molecule has 0 bridgehead atoms. The molecule has 4 amide bonds. The summed E-state index contributed by atoms with van der Waals surface area (Å²) >= 11 is 1.15. The molecule has 0 fully saturated rings. The molecule has 0 aliphatic heterocycles. The number of rotatable bonds is 6. The molecule has 32 heavy (non-hydrogen) atoms. The van der Waals surface area contributed by atoms with E-state index in [0.717, 1.165) is 11.3 Å². The lowest BCUT2D eigenvalue weighted by Crippen LogP contribution is -2.19. The maximum Gasteiger partial charge on any atom is 0.323 e. The van der Waals surface area contributed by atoms with E-state index in [4.69, 9.17) is 4.42 Å². The van der Waals surface area contributed by atoms with Crippen LogP contribution in [0.3, 0.4) is 0 Å². The van der Waals surface area contributed by atoms with Crippen molar-refractivity contribution >= 4 is 51.2 Å². The predicted molar refractivity (Wildman–Crippen MR) is 124 cm³/mol. The summed E-state index contributed by atoms with van der Waals surface area (Å²) in [6.07, 6.45) is 1.42. The van der Waals surface area contributed by atoms with Crippen molar-refractivity contribution in [2.24, 2.45) is 0 Å². The highest BCUT2D eigenvalue weighted by Gasteiger charge is 2.13. The predicted octanol–water partition coefficient (Wildman–Crippen LogP) is 5.49. The van der Waals surface area contributed by atoms with Crippen molar-refractivity contribution in [2.45, 2.75) is 0 Å². The molecule has 0 atom stereocenters. The number of carbonyl (C=O) groups excluding carboxylic acids is 3. The van der Waals surface area contributed by atoms with E-state index in [1.54, 1.807) is 60.7 Å². The van der Waals surface area contributed by atoms with Crippen LogP contribution in [-0.2, 0) is 0 Å². The minimum atomic E-state index is -0.386. The Bertz CT molecular complexity index is 1220. The van der Waals surface area contributed by atoms with Gasteiger partial charge in [0.25, 0.3) is 11.8 Å². The Balaban J connectivity index is 1.30. The largest absolute Gasteiger partial charge is 0.459 e. The minimum Gasteiger partial charge on any atom is -0.459 e. The van der Waals surface area contributed by atoms with Gasteiger partial charge in [0.2, 0.25) is 0 Å². The minimum absolute atomic E-state index is 0.190. The molecule has 0 saturated carbocycles. The van der Waals surface area contributed by atoms with E-state index in [1.807, 2.05) is 18.2 Å². The third-order valence-electron chi connectivity index (χ3n) is 4.24. The number of hydrogen-bond donors (Lipinski definition) is 4. The lowest BCUT2D eigenvalue weighted by molar-refractivity contribution is 0.0995. The van der Waals surface area contributed by atoms with E-state index in [9.17, 15) is 14.4 Å². The zero-order chi connectivity index (χ0) is 22.3. The molecule has 9 heteroatoms. The molecule has 4 N–H and O–H groups in total. The number of thiophene rings is 1. The molecule has 2 aromatic carbocycles. The normalized spacial score (nSPS) is 10.2. The van der Waals surface area contributed by atoms with Crippen LogP contribution in [0.25, 0.3) is 0 Å². The van der Waals surface area contributed by atoms with Crippen molar-refractivity contribution < 1.29 is 18.8 Å². The first-order chi connectivity index (χ1) is 15.6. The molecule has 0 saturated heterocycles. The van der Waals surface area contributed by atoms with Gasteiger partial charge < -0.3 is 25.7 Å². The monoisotopic (exact) mass is 446 g/mol. The molecule has 160 valence electrons. The molecular formula is C23H18N4O4S. The second-order valence-corrected chi connectivity index (χ2v) is 7.66. The Morgan fingerprint density at radius 1 is 0.625 bits per heavy atom. The van der Waals surface area contributed by atoms with Gasteiger partial charge in [-0.05, 0) is 60.7 Å². The van der Waals surface area contributed by atoms with E-state index >= 15 is 0 Å². The molecule has 4 aromatic rings. The van der Waals surface area contributed by atoms with Crippen LogP contribution in [0.15, 0.2) is 89.5 Å². The average Bonchev–Trinajstić information content (AvgIpc) is 3.48. The lowest BCUT2D eigenvalue weighted by Gasteiger charge is -2.09. The molecule has 0 radical (unpaired) electrons. The highest BCUT2D eigenvalue weighted by Crippen LogP contribution is 2.24. The molecule has 2 aromatic heterocycles. The third kappa shape index (κ3) is 5.41. The fourth-order valence-electron chi connectivity index (χ4n) is 2.75. The Hall–Kier alpha value is -4.37. The van der Waals surface area contributed by atoms with Gasteiger partial charge >= 0.3 is 6.03 Å². The smallest absolute Gasteiger partial charge is 0.323 e. The van der Waals surface area contributed by atoms with Crippen LogP contribution < -0.4 is 21.3 Å². The van der Waals surface area contributed by atoms with Crippen LogP contribution in [0.5, 0.6) is 0 Å². The van der Waals surface area contributed by atoms with Crippen molar-refractivity contribution in [1.82, 2.24) is 0 Å². The standard InChI is InChI=1S/C23H18N4O4S/c28-21(18-7-4-14-31-18)27-20-13-12-19(32-20)22(29)24-16-8-10-17(11-9-16)26-23(30)25-15-5-2-1-3-6-15/h1-14H,(H,24,29)(H,27,28)(H2,25,26,30). The van der Waals surface area contributed by atoms with Crippen LogP contribution in [0.4, 0.5) is 26.9 Å². The van der Waals surface area contributed by atoms with E-state index in [0.29, 0.717) is 26.9 Å². The molecule has 2 heterocycles. The summed E-state index contributed by atoms with van der Waals surface area (Å²) in [6.45, 7) is 0. The van der Waals surface area contributed by atoms with Gasteiger partial charge in [0.15, 0.2) is 5.76 Å². The summed E-state index contributed by atoms with van der Waals surface area (Å²) in [5.74, 6) is -0.505. The van der Waals surface area contributed by atoms with Crippen molar-refractivity contribution in [3.05, 3.63) is 95.8 Å². The number of amides is 4. The van der Waals surface area contributed by atoms with Crippen molar-refractivity contribution in [2.75, 3.05) is 21.3 Å². The number of para-hydroxylation sites is 1. The maximum atomic E-state index is 12.5. The number of carbonyl (C=O) groups is 3. The van der Waals surface area contributed by atoms with Crippen LogP contribution in [0.2, 0.25) is 0 Å². The summed E-state index contributed by atoms with van der Waals surface area (Å²) < 4.78 is 5.05. The third-order valence-corrected chi connectivity index (χ3v) is 5.24. The van der Waals surface area contributed by atoms with E-state index in [1.165, 1.54) is 6.26 Å². The van der Waals surface area contributed by atoms with Crippen molar-refractivity contribution in [3.63, 3.8) is 0 Å². The number of anilines is 4. The molecule has 0 aliphatic rings. The molecule has 0 unspecified atom stereocenters. The van der Waals surface area contributed by atoms with E-state index in [2.05, 4.69) is 21.3 Å². The number of benzene rings is 2. The van der Waals surface area contributed by atoms with Gasteiger partial charge in [0.1, 0.15) is 0 Å². The number of furan rings is 1. The molecule has 0 spiro atoms. The van der Waals surface area contributed by atoms with Crippen LogP contribution in [-0.4, -0.2) is 17.8 Å². The fourth-order valence-corrected chi connectivity index (χ4v) is 3.55. The topological polar surface area (TPSA) is 112 Å². The summed E-state index contributed by atoms with van der Waals surface area (Å²) in [5, 5.41) is 11.5. The second-order valence-electron chi connectivity index (χ2n) is 6.57. The number of nitrogens with one attached hydrogen (secondary N) is 4. The Morgan fingerprint density at radius 2 is 1.28 bits per heavy atom. The Labute approximate surface area is 187 Å². The van der Waals surface area contributed by atoms with Gasteiger partial charge in [-0.15, -0.1) is 11.3 Å². The molecule has 8 nitrogen and oxygen atoms in total. The maximum absolute atomic E-state index is 12.5. The second kappa shape index (κ2) is 9.63. The number of hydrogen-bond acceptors (Lipinski definition) is 5. The Morgan fingerprint density at radius 3 is 1.94 bits per heavy atom. The summed E-state index contributed by atoms with van der Waals surface area (Å²) in [4.78, 5) is 37.0. The summed E-state index contributed by atoms with van der Waals surface area (Å²) in [7, 11) is 0. The van der Waals surface area contributed by atoms with Gasteiger partial charge in [-0.1, -0.05) is 18.2 Å². The van der Waals surface area contributed by atoms with Crippen molar-refractivity contribution in [3.8, 4) is 0 Å². The first kappa shape index (κ1) is 20.9. The van der Waals surface area contributed by atoms with Gasteiger partial charge in [0, 0.05) is 17.1 Å². The van der Waals surface area contributed by atoms with Crippen LogP contribution in [0.1, 0.15) is 20.2 Å². The van der Waals surface area contributed by atoms with Gasteiger partial charge in [-0.3, -0.25) is 9.59 Å². The van der Waals surface area contributed by atoms with Crippen LogP contribution in [0, 0.1) is 0 Å². The van der Waals surface area contributed by atoms with Gasteiger partial charge in [-0.2, -0.15) is 0 Å². The van der Waals surface area contributed by atoms with E-state index in [-0.39, 0.29) is 23.6 Å². The average molecular weight is 446 g/mol. The molecule has 0 aliphatic carbocycles. The van der Waals surface area contributed by atoms with Gasteiger partial charge in [0.05, 0.1) is 16.1 Å². The highest BCUT2D eigenvalue weighted by molar-refractivity contribution is 7.18. The highest BCUT2D eigenvalue weighted by atomic mass is 32.1. The zero-order valence-electron chi connectivity index (χ0n) is 16.6. The molecular weight excluding hydrogens is 428 g/mol. The Kier molecular flexibility index (Phi) is 6.28. The lowest BCUT2D eigenvalue weighted by atomic mass is 10.2. The SMILES string of the molecule is O=C(Nc1ccccc1)Nc1ccc(NC(=O)c2ccc(NC(=O)c3ccco3)s2)cc1. The van der Waals surface area contributed by atoms with Gasteiger partial charge in [-0.25, -0.2) is 4.79 Å². The molecule has 4 rings (SSSR count). The summed E-state index contributed by atoms with van der Waals surface area (Å²) in [6, 6.07) is 21.9. The first-order valence-corrected chi connectivity index (χ1v) is 10.4. The van der Waals surface area contributed by atoms with E-state index < -0.39 is 0 Å². The summed E-state index contributed by atoms with van der Waals surface area (Å²) in [5.41, 5.74) is 1.83. The van der Waals surface area contributed by atoms with Crippen LogP contribution >= 0.6 is 11.3 Å². The fraction of sp³-hybridized carbons (Fsp3) is 0. The zero-order valence-corrected chi connectivity index (χ0v) is 17.4. The van der Waals surface area contributed by atoms with Crippen molar-refractivity contribution in [1.29, 1.82) is 0 Å². The first-order valence-electron chi connectivity index (χ1n) is 9.56. The number of urea groups is 1.